The maximum absolute atomic E-state index is 12.3. The van der Waals surface area contributed by atoms with Gasteiger partial charge in [0.25, 0.3) is 5.91 Å². The molecule has 1 heterocycles. The fourth-order valence-electron chi connectivity index (χ4n) is 2.25. The molecule has 0 aliphatic heterocycles. The number of carbonyl (C=O) groups is 1. The fourth-order valence-corrected chi connectivity index (χ4v) is 2.25. The lowest BCUT2D eigenvalue weighted by Crippen LogP contribution is -2.13. The van der Waals surface area contributed by atoms with Gasteiger partial charge in [0.05, 0.1) is 5.69 Å². The van der Waals surface area contributed by atoms with Crippen LogP contribution < -0.4 is 5.32 Å². The van der Waals surface area contributed by atoms with Crippen molar-refractivity contribution in [2.24, 2.45) is 0 Å². The quantitative estimate of drug-likeness (QED) is 0.799. The molecule has 4 heteroatoms. The number of amides is 1. The van der Waals surface area contributed by atoms with Gasteiger partial charge in [0.2, 0.25) is 0 Å². The number of nitrogens with one attached hydrogen (secondary N) is 1. The molecule has 3 aromatic rings. The molecule has 0 spiro atoms. The van der Waals surface area contributed by atoms with Crippen LogP contribution in [0.4, 0.5) is 5.69 Å². The van der Waals surface area contributed by atoms with E-state index in [1.165, 1.54) is 5.56 Å². The average molecular weight is 291 g/mol. The van der Waals surface area contributed by atoms with Crippen LogP contribution in [0.2, 0.25) is 0 Å². The Kier molecular flexibility index (Phi) is 3.74. The van der Waals surface area contributed by atoms with Crippen molar-refractivity contribution in [3.05, 3.63) is 77.6 Å². The lowest BCUT2D eigenvalue weighted by Gasteiger charge is -2.04. The zero-order valence-corrected chi connectivity index (χ0v) is 12.6. The highest BCUT2D eigenvalue weighted by Gasteiger charge is 2.13. The van der Waals surface area contributed by atoms with Gasteiger partial charge in [-0.3, -0.25) is 4.79 Å². The largest absolute Gasteiger partial charge is 0.321 e. The highest BCUT2D eigenvalue weighted by atomic mass is 16.1. The van der Waals surface area contributed by atoms with Crippen molar-refractivity contribution in [3.63, 3.8) is 0 Å². The first-order valence-electron chi connectivity index (χ1n) is 7.13. The van der Waals surface area contributed by atoms with E-state index >= 15 is 0 Å². The van der Waals surface area contributed by atoms with Crippen molar-refractivity contribution in [3.8, 4) is 5.69 Å². The van der Waals surface area contributed by atoms with E-state index in [4.69, 9.17) is 0 Å². The maximum atomic E-state index is 12.3. The van der Waals surface area contributed by atoms with Gasteiger partial charge in [0, 0.05) is 11.4 Å². The maximum Gasteiger partial charge on any atom is 0.276 e. The second-order valence-corrected chi connectivity index (χ2v) is 5.24. The number of aromatic nitrogens is 2. The summed E-state index contributed by atoms with van der Waals surface area (Å²) in [5.41, 5.74) is 4.22. The first-order chi connectivity index (χ1) is 10.6. The summed E-state index contributed by atoms with van der Waals surface area (Å²) < 4.78 is 1.78. The summed E-state index contributed by atoms with van der Waals surface area (Å²) in [5, 5.41) is 7.25. The Bertz CT molecular complexity index is 789. The summed E-state index contributed by atoms with van der Waals surface area (Å²) in [6.07, 6.45) is 0. The van der Waals surface area contributed by atoms with Crippen molar-refractivity contribution >= 4 is 11.6 Å². The summed E-state index contributed by atoms with van der Waals surface area (Å²) in [5.74, 6) is -0.208. The van der Waals surface area contributed by atoms with Gasteiger partial charge in [0.15, 0.2) is 5.69 Å². The van der Waals surface area contributed by atoms with Crippen LogP contribution in [0.1, 0.15) is 21.7 Å². The topological polar surface area (TPSA) is 46.9 Å². The Morgan fingerprint density at radius 3 is 2.36 bits per heavy atom. The van der Waals surface area contributed by atoms with Crippen molar-refractivity contribution in [1.29, 1.82) is 0 Å². The second kappa shape index (κ2) is 5.85. The highest BCUT2D eigenvalue weighted by molar-refractivity contribution is 6.02. The normalized spacial score (nSPS) is 10.5. The molecule has 110 valence electrons. The second-order valence-electron chi connectivity index (χ2n) is 5.24. The molecular formula is C18H17N3O. The predicted octanol–water partition coefficient (Wildman–Crippen LogP) is 3.74. The van der Waals surface area contributed by atoms with Crippen LogP contribution in [-0.2, 0) is 0 Å². The SMILES string of the molecule is Cc1ccc(-n2nc(C(=O)Nc3ccccc3)cc2C)cc1. The van der Waals surface area contributed by atoms with E-state index in [2.05, 4.69) is 10.4 Å². The van der Waals surface area contributed by atoms with E-state index in [9.17, 15) is 4.79 Å². The van der Waals surface area contributed by atoms with E-state index < -0.39 is 0 Å². The number of hydrogen-bond acceptors (Lipinski definition) is 2. The van der Waals surface area contributed by atoms with Crippen molar-refractivity contribution < 1.29 is 4.79 Å². The third kappa shape index (κ3) is 2.91. The van der Waals surface area contributed by atoms with Gasteiger partial charge in [-0.2, -0.15) is 5.10 Å². The summed E-state index contributed by atoms with van der Waals surface area (Å²) in [7, 11) is 0. The molecule has 2 aromatic carbocycles. The minimum atomic E-state index is -0.208. The number of rotatable bonds is 3. The molecule has 0 unspecified atom stereocenters. The average Bonchev–Trinajstić information content (AvgIpc) is 2.91. The molecule has 0 atom stereocenters. The smallest absolute Gasteiger partial charge is 0.276 e. The molecule has 1 aromatic heterocycles. The first kappa shape index (κ1) is 14.1. The molecule has 1 N–H and O–H groups in total. The van der Waals surface area contributed by atoms with Crippen LogP contribution in [0.3, 0.4) is 0 Å². The number of anilines is 1. The Morgan fingerprint density at radius 2 is 1.68 bits per heavy atom. The molecule has 3 rings (SSSR count). The zero-order valence-electron chi connectivity index (χ0n) is 12.6. The Hall–Kier alpha value is -2.88. The molecule has 0 aliphatic rings. The molecule has 0 saturated heterocycles. The van der Waals surface area contributed by atoms with Gasteiger partial charge < -0.3 is 5.32 Å². The van der Waals surface area contributed by atoms with Crippen LogP contribution in [0.25, 0.3) is 5.69 Å². The molecule has 0 aliphatic carbocycles. The number of carbonyl (C=O) groups excluding carboxylic acids is 1. The lowest BCUT2D eigenvalue weighted by atomic mass is 10.2. The third-order valence-corrected chi connectivity index (χ3v) is 3.43. The zero-order chi connectivity index (χ0) is 15.5. The van der Waals surface area contributed by atoms with E-state index in [1.54, 1.807) is 10.7 Å². The summed E-state index contributed by atoms with van der Waals surface area (Å²) in [6.45, 7) is 3.98. The Labute approximate surface area is 129 Å². The van der Waals surface area contributed by atoms with Crippen molar-refractivity contribution in [1.82, 2.24) is 9.78 Å². The van der Waals surface area contributed by atoms with Gasteiger partial charge in [-0.1, -0.05) is 35.9 Å². The minimum Gasteiger partial charge on any atom is -0.321 e. The van der Waals surface area contributed by atoms with Gasteiger partial charge in [-0.25, -0.2) is 4.68 Å². The van der Waals surface area contributed by atoms with Gasteiger partial charge in [-0.15, -0.1) is 0 Å². The molecule has 0 saturated carbocycles. The third-order valence-electron chi connectivity index (χ3n) is 3.43. The molecule has 22 heavy (non-hydrogen) atoms. The first-order valence-corrected chi connectivity index (χ1v) is 7.13. The number of nitrogens with zero attached hydrogens (tertiary/aromatic N) is 2. The molecule has 1 amide bonds. The van der Waals surface area contributed by atoms with E-state index in [-0.39, 0.29) is 5.91 Å². The predicted molar refractivity (Wildman–Crippen MR) is 87.4 cm³/mol. The van der Waals surface area contributed by atoms with Crippen LogP contribution >= 0.6 is 0 Å². The Morgan fingerprint density at radius 1 is 1.00 bits per heavy atom. The minimum absolute atomic E-state index is 0.208. The number of hydrogen-bond donors (Lipinski definition) is 1. The fraction of sp³-hybridized carbons (Fsp3) is 0.111. The van der Waals surface area contributed by atoms with Crippen molar-refractivity contribution in [2.75, 3.05) is 5.32 Å². The number of para-hydroxylation sites is 1. The van der Waals surface area contributed by atoms with Gasteiger partial charge in [-0.05, 0) is 44.2 Å². The summed E-state index contributed by atoms with van der Waals surface area (Å²) >= 11 is 0. The van der Waals surface area contributed by atoms with E-state index in [1.807, 2.05) is 68.4 Å². The van der Waals surface area contributed by atoms with Crippen molar-refractivity contribution in [2.45, 2.75) is 13.8 Å². The van der Waals surface area contributed by atoms with E-state index in [0.29, 0.717) is 5.69 Å². The van der Waals surface area contributed by atoms with Crippen LogP contribution in [0.15, 0.2) is 60.7 Å². The molecule has 0 bridgehead atoms. The van der Waals surface area contributed by atoms with Gasteiger partial charge >= 0.3 is 0 Å². The summed E-state index contributed by atoms with van der Waals surface area (Å²) in [4.78, 5) is 12.3. The summed E-state index contributed by atoms with van der Waals surface area (Å²) in [6, 6.07) is 19.2. The standard InChI is InChI=1S/C18H17N3O/c1-13-8-10-16(11-9-13)21-14(2)12-17(20-21)18(22)19-15-6-4-3-5-7-15/h3-12H,1-2H3,(H,19,22). The molecule has 4 nitrogen and oxygen atoms in total. The number of aryl methyl sites for hydroxylation is 2. The number of benzene rings is 2. The van der Waals surface area contributed by atoms with Gasteiger partial charge in [0.1, 0.15) is 0 Å². The van der Waals surface area contributed by atoms with Crippen LogP contribution in [0.5, 0.6) is 0 Å². The molecule has 0 radical (unpaired) electrons. The van der Waals surface area contributed by atoms with Crippen LogP contribution in [0, 0.1) is 13.8 Å². The molecular weight excluding hydrogens is 274 g/mol. The monoisotopic (exact) mass is 291 g/mol. The Balaban J connectivity index is 1.85. The lowest BCUT2D eigenvalue weighted by molar-refractivity contribution is 0.102. The van der Waals surface area contributed by atoms with E-state index in [0.717, 1.165) is 17.1 Å². The van der Waals surface area contributed by atoms with Crippen LogP contribution in [-0.4, -0.2) is 15.7 Å². The molecule has 0 fully saturated rings. The highest BCUT2D eigenvalue weighted by Crippen LogP contribution is 2.14.